The van der Waals surface area contributed by atoms with Crippen molar-refractivity contribution in [2.75, 3.05) is 5.75 Å². The fourth-order valence-corrected chi connectivity index (χ4v) is 3.95. The van der Waals surface area contributed by atoms with E-state index < -0.39 is 0 Å². The lowest BCUT2D eigenvalue weighted by Crippen LogP contribution is -2.49. The summed E-state index contributed by atoms with van der Waals surface area (Å²) in [6.07, 6.45) is 9.30. The molecule has 4 heteroatoms. The fraction of sp³-hybridized carbons (Fsp3) is 0.923. The van der Waals surface area contributed by atoms with Crippen LogP contribution in [0.2, 0.25) is 0 Å². The Hall–Kier alpha value is -0.220. The summed E-state index contributed by atoms with van der Waals surface area (Å²) in [5, 5.41) is 3.37. The summed E-state index contributed by atoms with van der Waals surface area (Å²) in [5.41, 5.74) is 6.14. The fourth-order valence-electron chi connectivity index (χ4n) is 2.74. The van der Waals surface area contributed by atoms with Gasteiger partial charge in [0.15, 0.2) is 0 Å². The molecule has 2 rings (SSSR count). The zero-order valence-corrected chi connectivity index (χ0v) is 11.3. The van der Waals surface area contributed by atoms with E-state index in [0.717, 1.165) is 25.0 Å². The number of hydrogen-bond acceptors (Lipinski definition) is 3. The quantitative estimate of drug-likeness (QED) is 0.744. The Kier molecular flexibility index (Phi) is 5.16. The second-order valence-electron chi connectivity index (χ2n) is 5.27. The highest BCUT2D eigenvalue weighted by Gasteiger charge is 2.27. The average Bonchev–Trinajstić information content (AvgIpc) is 2.56. The van der Waals surface area contributed by atoms with Gasteiger partial charge >= 0.3 is 0 Å². The van der Waals surface area contributed by atoms with Crippen LogP contribution in [0.25, 0.3) is 0 Å². The largest absolute Gasteiger partial charge is 0.351 e. The van der Waals surface area contributed by atoms with Crippen molar-refractivity contribution in [3.8, 4) is 0 Å². The lowest BCUT2D eigenvalue weighted by atomic mass is 10.0. The van der Waals surface area contributed by atoms with Gasteiger partial charge in [0.05, 0.1) is 5.25 Å². The highest BCUT2D eigenvalue weighted by Crippen LogP contribution is 2.25. The van der Waals surface area contributed by atoms with Gasteiger partial charge in [-0.1, -0.05) is 25.7 Å². The second-order valence-corrected chi connectivity index (χ2v) is 6.58. The van der Waals surface area contributed by atoms with Gasteiger partial charge in [0.25, 0.3) is 0 Å². The highest BCUT2D eigenvalue weighted by atomic mass is 32.2. The maximum absolute atomic E-state index is 12.1. The molecule has 0 spiro atoms. The molecule has 2 fully saturated rings. The molecule has 1 saturated carbocycles. The van der Waals surface area contributed by atoms with E-state index in [4.69, 9.17) is 5.73 Å². The maximum atomic E-state index is 12.1. The van der Waals surface area contributed by atoms with Crippen molar-refractivity contribution >= 4 is 17.7 Å². The first-order valence-corrected chi connectivity index (χ1v) is 8.00. The normalized spacial score (nSPS) is 35.0. The number of hydrogen-bond donors (Lipinski definition) is 2. The van der Waals surface area contributed by atoms with Gasteiger partial charge in [-0.3, -0.25) is 4.79 Å². The Labute approximate surface area is 108 Å². The third-order valence-electron chi connectivity index (χ3n) is 3.87. The molecular weight excluding hydrogens is 232 g/mol. The van der Waals surface area contributed by atoms with Crippen LogP contribution in [0, 0.1) is 0 Å². The summed E-state index contributed by atoms with van der Waals surface area (Å²) in [6, 6.07) is 0.377. The summed E-state index contributed by atoms with van der Waals surface area (Å²) >= 11 is 1.81. The predicted molar refractivity (Wildman–Crippen MR) is 73.1 cm³/mol. The molecule has 1 heterocycles. The molecule has 1 aliphatic heterocycles. The predicted octanol–water partition coefficient (Wildman–Crippen LogP) is 2.05. The van der Waals surface area contributed by atoms with Gasteiger partial charge in [0, 0.05) is 12.1 Å². The summed E-state index contributed by atoms with van der Waals surface area (Å²) in [7, 11) is 0. The second kappa shape index (κ2) is 6.64. The van der Waals surface area contributed by atoms with Crippen LogP contribution in [0.1, 0.15) is 51.4 Å². The number of nitrogens with one attached hydrogen (secondary N) is 1. The molecule has 1 saturated heterocycles. The maximum Gasteiger partial charge on any atom is 0.233 e. The van der Waals surface area contributed by atoms with E-state index in [1.54, 1.807) is 0 Å². The van der Waals surface area contributed by atoms with Crippen molar-refractivity contribution in [3.63, 3.8) is 0 Å². The van der Waals surface area contributed by atoms with Crippen LogP contribution in [0.15, 0.2) is 0 Å². The van der Waals surface area contributed by atoms with Crippen LogP contribution >= 0.6 is 11.8 Å². The van der Waals surface area contributed by atoms with Gasteiger partial charge < -0.3 is 11.1 Å². The smallest absolute Gasteiger partial charge is 0.233 e. The van der Waals surface area contributed by atoms with E-state index in [0.29, 0.717) is 0 Å². The molecule has 3 nitrogen and oxygen atoms in total. The molecule has 1 amide bonds. The lowest BCUT2D eigenvalue weighted by Gasteiger charge is -2.27. The summed E-state index contributed by atoms with van der Waals surface area (Å²) < 4.78 is 0. The highest BCUT2D eigenvalue weighted by molar-refractivity contribution is 8.00. The first-order chi connectivity index (χ1) is 8.27. The van der Waals surface area contributed by atoms with E-state index >= 15 is 0 Å². The van der Waals surface area contributed by atoms with Gasteiger partial charge in [0.1, 0.15) is 0 Å². The summed E-state index contributed by atoms with van der Waals surface area (Å²) in [4.78, 5) is 12.1. The first-order valence-electron chi connectivity index (χ1n) is 6.95. The minimum Gasteiger partial charge on any atom is -0.351 e. The molecule has 0 aromatic carbocycles. The molecule has 1 aliphatic carbocycles. The van der Waals surface area contributed by atoms with Crippen LogP contribution in [-0.2, 0) is 4.79 Å². The van der Waals surface area contributed by atoms with E-state index in [-0.39, 0.29) is 23.2 Å². The molecule has 2 aliphatic rings. The first kappa shape index (κ1) is 13.2. The van der Waals surface area contributed by atoms with Gasteiger partial charge in [-0.2, -0.15) is 0 Å². The summed E-state index contributed by atoms with van der Waals surface area (Å²) in [6.45, 7) is 0. The van der Waals surface area contributed by atoms with Gasteiger partial charge in [-0.05, 0) is 31.4 Å². The molecule has 0 aromatic rings. The molecular formula is C13H24N2OS. The zero-order valence-electron chi connectivity index (χ0n) is 10.5. The van der Waals surface area contributed by atoms with Crippen molar-refractivity contribution in [1.82, 2.24) is 5.32 Å². The van der Waals surface area contributed by atoms with Crippen LogP contribution in [0.3, 0.4) is 0 Å². The average molecular weight is 256 g/mol. The summed E-state index contributed by atoms with van der Waals surface area (Å²) in [5.74, 6) is 1.37. The van der Waals surface area contributed by atoms with Crippen LogP contribution in [0.5, 0.6) is 0 Å². The Morgan fingerprint density at radius 1 is 1.06 bits per heavy atom. The monoisotopic (exact) mass is 256 g/mol. The number of rotatable bonds is 2. The Morgan fingerprint density at radius 2 is 1.82 bits per heavy atom. The minimum absolute atomic E-state index is 0.162. The van der Waals surface area contributed by atoms with E-state index in [1.165, 1.54) is 32.1 Å². The molecule has 0 aromatic heterocycles. The Morgan fingerprint density at radius 3 is 2.59 bits per heavy atom. The Bertz CT molecular complexity index is 254. The van der Waals surface area contributed by atoms with Gasteiger partial charge in [-0.15, -0.1) is 11.8 Å². The minimum atomic E-state index is 0.162. The van der Waals surface area contributed by atoms with E-state index in [2.05, 4.69) is 5.32 Å². The van der Waals surface area contributed by atoms with Gasteiger partial charge in [0.2, 0.25) is 5.91 Å². The number of carbonyl (C=O) groups excluding carboxylic acids is 1. The third kappa shape index (κ3) is 3.88. The zero-order chi connectivity index (χ0) is 12.1. The molecule has 98 valence electrons. The van der Waals surface area contributed by atoms with Crippen LogP contribution in [-0.4, -0.2) is 29.0 Å². The van der Waals surface area contributed by atoms with Crippen molar-refractivity contribution < 1.29 is 4.79 Å². The number of carbonyl (C=O) groups is 1. The standard InChI is InChI=1S/C13H24N2OS/c14-10-6-2-1-3-7-11(10)15-13(16)12-8-4-5-9-17-12/h10-12H,1-9,14H2,(H,15,16). The number of amides is 1. The topological polar surface area (TPSA) is 55.1 Å². The van der Waals surface area contributed by atoms with Crippen molar-refractivity contribution in [2.24, 2.45) is 5.73 Å². The third-order valence-corrected chi connectivity index (χ3v) is 5.25. The lowest BCUT2D eigenvalue weighted by molar-refractivity contribution is -0.121. The molecule has 17 heavy (non-hydrogen) atoms. The van der Waals surface area contributed by atoms with Crippen molar-refractivity contribution in [1.29, 1.82) is 0 Å². The van der Waals surface area contributed by atoms with E-state index in [9.17, 15) is 4.79 Å². The Balaban J connectivity index is 1.83. The number of thioether (sulfide) groups is 1. The molecule has 3 atom stereocenters. The van der Waals surface area contributed by atoms with Crippen molar-refractivity contribution in [2.45, 2.75) is 68.7 Å². The van der Waals surface area contributed by atoms with Crippen LogP contribution in [0.4, 0.5) is 0 Å². The number of nitrogens with two attached hydrogens (primary N) is 1. The van der Waals surface area contributed by atoms with Crippen LogP contribution < -0.4 is 11.1 Å². The van der Waals surface area contributed by atoms with Crippen molar-refractivity contribution in [3.05, 3.63) is 0 Å². The molecule has 3 N–H and O–H groups in total. The molecule has 0 radical (unpaired) electrons. The SMILES string of the molecule is NC1CCCCCC1NC(=O)C1CCCCS1. The van der Waals surface area contributed by atoms with E-state index in [1.807, 2.05) is 11.8 Å². The molecule has 3 unspecified atom stereocenters. The van der Waals surface area contributed by atoms with Gasteiger partial charge in [-0.25, -0.2) is 0 Å². The molecule has 0 bridgehead atoms.